The van der Waals surface area contributed by atoms with E-state index >= 15 is 0 Å². The van der Waals surface area contributed by atoms with Gasteiger partial charge in [0.25, 0.3) is 0 Å². The maximum absolute atomic E-state index is 11.6. The van der Waals surface area contributed by atoms with Crippen molar-refractivity contribution >= 4 is 5.97 Å². The number of aliphatic hydroxyl groups is 1. The van der Waals surface area contributed by atoms with Gasteiger partial charge in [-0.2, -0.15) is 0 Å². The van der Waals surface area contributed by atoms with E-state index < -0.39 is 6.10 Å². The second kappa shape index (κ2) is 7.44. The van der Waals surface area contributed by atoms with Gasteiger partial charge in [-0.3, -0.25) is 4.79 Å². The first-order valence-electron chi connectivity index (χ1n) is 6.25. The third-order valence-electron chi connectivity index (χ3n) is 2.96. The van der Waals surface area contributed by atoms with E-state index in [0.29, 0.717) is 6.61 Å². The second-order valence-electron chi connectivity index (χ2n) is 4.29. The van der Waals surface area contributed by atoms with E-state index in [1.54, 1.807) is 0 Å². The lowest BCUT2D eigenvalue weighted by Crippen LogP contribution is -2.32. The minimum absolute atomic E-state index is 0.225. The topological polar surface area (TPSA) is 46.5 Å². The lowest BCUT2D eigenvalue weighted by atomic mass is 9.87. The van der Waals surface area contributed by atoms with Crippen LogP contribution in [0.5, 0.6) is 0 Å². The standard InChI is InChI=1S/C13H22O3/c1-2-3-4-7-10-16-13(15)11-8-5-6-9-12(11)14/h3-4,11-12,14H,2,5-10H2,1H3/b4-3-. The predicted molar refractivity (Wildman–Crippen MR) is 63.0 cm³/mol. The Morgan fingerprint density at radius 2 is 2.12 bits per heavy atom. The summed E-state index contributed by atoms with van der Waals surface area (Å²) in [5.41, 5.74) is 0. The van der Waals surface area contributed by atoms with Crippen LogP contribution in [0.2, 0.25) is 0 Å². The van der Waals surface area contributed by atoms with Gasteiger partial charge >= 0.3 is 5.97 Å². The molecule has 0 amide bonds. The molecule has 1 saturated carbocycles. The van der Waals surface area contributed by atoms with Crippen LogP contribution in [0.3, 0.4) is 0 Å². The zero-order valence-electron chi connectivity index (χ0n) is 10.0. The molecule has 1 rings (SSSR count). The number of ether oxygens (including phenoxy) is 1. The zero-order chi connectivity index (χ0) is 11.8. The van der Waals surface area contributed by atoms with Gasteiger partial charge in [0.15, 0.2) is 0 Å². The van der Waals surface area contributed by atoms with Gasteiger partial charge in [0.2, 0.25) is 0 Å². The van der Waals surface area contributed by atoms with Crippen molar-refractivity contribution in [1.29, 1.82) is 0 Å². The van der Waals surface area contributed by atoms with E-state index in [9.17, 15) is 9.90 Å². The largest absolute Gasteiger partial charge is 0.465 e. The number of hydrogen-bond acceptors (Lipinski definition) is 3. The van der Waals surface area contributed by atoms with Crippen molar-refractivity contribution < 1.29 is 14.6 Å². The molecule has 1 aliphatic rings. The van der Waals surface area contributed by atoms with Crippen molar-refractivity contribution in [2.45, 2.75) is 51.6 Å². The Morgan fingerprint density at radius 1 is 1.38 bits per heavy atom. The monoisotopic (exact) mass is 226 g/mol. The van der Waals surface area contributed by atoms with Crippen LogP contribution >= 0.6 is 0 Å². The smallest absolute Gasteiger partial charge is 0.311 e. The highest BCUT2D eigenvalue weighted by Crippen LogP contribution is 2.25. The summed E-state index contributed by atoms with van der Waals surface area (Å²) in [6.45, 7) is 2.50. The molecule has 16 heavy (non-hydrogen) atoms. The number of allylic oxidation sites excluding steroid dienone is 1. The number of carbonyl (C=O) groups excluding carboxylic acids is 1. The van der Waals surface area contributed by atoms with Crippen LogP contribution < -0.4 is 0 Å². The first-order chi connectivity index (χ1) is 7.75. The summed E-state index contributed by atoms with van der Waals surface area (Å²) in [7, 11) is 0. The molecule has 1 N–H and O–H groups in total. The summed E-state index contributed by atoms with van der Waals surface area (Å²) in [5.74, 6) is -0.513. The van der Waals surface area contributed by atoms with Crippen molar-refractivity contribution in [1.82, 2.24) is 0 Å². The molecule has 0 saturated heterocycles. The first-order valence-corrected chi connectivity index (χ1v) is 6.25. The lowest BCUT2D eigenvalue weighted by molar-refractivity contribution is -0.154. The number of aliphatic hydroxyl groups excluding tert-OH is 1. The first kappa shape index (κ1) is 13.2. The van der Waals surface area contributed by atoms with Crippen LogP contribution in [0.1, 0.15) is 45.4 Å². The van der Waals surface area contributed by atoms with Gasteiger partial charge in [-0.05, 0) is 25.7 Å². The Morgan fingerprint density at radius 3 is 2.81 bits per heavy atom. The van der Waals surface area contributed by atoms with Crippen LogP contribution in [-0.2, 0) is 9.53 Å². The summed E-state index contributed by atoms with van der Waals surface area (Å²) in [4.78, 5) is 11.6. The maximum atomic E-state index is 11.6. The van der Waals surface area contributed by atoms with Crippen molar-refractivity contribution in [2.75, 3.05) is 6.61 Å². The molecular weight excluding hydrogens is 204 g/mol. The molecule has 0 heterocycles. The Labute approximate surface area is 97.5 Å². The van der Waals surface area contributed by atoms with E-state index in [0.717, 1.165) is 38.5 Å². The molecule has 0 aromatic heterocycles. The van der Waals surface area contributed by atoms with Crippen LogP contribution in [0.4, 0.5) is 0 Å². The molecule has 0 aromatic carbocycles. The van der Waals surface area contributed by atoms with Crippen molar-refractivity contribution in [2.24, 2.45) is 5.92 Å². The van der Waals surface area contributed by atoms with Gasteiger partial charge in [0.1, 0.15) is 0 Å². The van der Waals surface area contributed by atoms with Crippen molar-refractivity contribution in [3.8, 4) is 0 Å². The Kier molecular flexibility index (Phi) is 6.16. The number of rotatable bonds is 5. The van der Waals surface area contributed by atoms with Crippen LogP contribution in [-0.4, -0.2) is 23.8 Å². The van der Waals surface area contributed by atoms with Crippen molar-refractivity contribution in [3.05, 3.63) is 12.2 Å². The third-order valence-corrected chi connectivity index (χ3v) is 2.96. The van der Waals surface area contributed by atoms with E-state index in [4.69, 9.17) is 4.74 Å². The highest BCUT2D eigenvalue weighted by molar-refractivity contribution is 5.73. The molecular formula is C13H22O3. The summed E-state index contributed by atoms with van der Waals surface area (Å²) < 4.78 is 5.15. The van der Waals surface area contributed by atoms with Gasteiger partial charge in [0, 0.05) is 0 Å². The normalized spacial score (nSPS) is 25.9. The Balaban J connectivity index is 2.20. The molecule has 0 spiro atoms. The quantitative estimate of drug-likeness (QED) is 0.445. The van der Waals surface area contributed by atoms with Crippen molar-refractivity contribution in [3.63, 3.8) is 0 Å². The fraction of sp³-hybridized carbons (Fsp3) is 0.769. The summed E-state index contributed by atoms with van der Waals surface area (Å²) in [5, 5.41) is 9.67. The van der Waals surface area contributed by atoms with E-state index in [2.05, 4.69) is 13.0 Å². The van der Waals surface area contributed by atoms with Gasteiger partial charge < -0.3 is 9.84 Å². The Hall–Kier alpha value is -0.830. The molecule has 3 heteroatoms. The minimum Gasteiger partial charge on any atom is -0.465 e. The van der Waals surface area contributed by atoms with E-state index in [-0.39, 0.29) is 11.9 Å². The molecule has 0 radical (unpaired) electrons. The molecule has 1 aliphatic carbocycles. The van der Waals surface area contributed by atoms with E-state index in [1.165, 1.54) is 0 Å². The summed E-state index contributed by atoms with van der Waals surface area (Å²) in [6.07, 6.45) is 8.90. The molecule has 0 bridgehead atoms. The lowest BCUT2D eigenvalue weighted by Gasteiger charge is -2.25. The predicted octanol–water partition coefficient (Wildman–Crippen LogP) is 2.44. The summed E-state index contributed by atoms with van der Waals surface area (Å²) >= 11 is 0. The average molecular weight is 226 g/mol. The number of esters is 1. The molecule has 3 nitrogen and oxygen atoms in total. The highest BCUT2D eigenvalue weighted by atomic mass is 16.5. The average Bonchev–Trinajstić information content (AvgIpc) is 2.29. The maximum Gasteiger partial charge on any atom is 0.311 e. The number of carbonyl (C=O) groups is 1. The minimum atomic E-state index is -0.493. The molecule has 0 aliphatic heterocycles. The molecule has 1 fully saturated rings. The molecule has 92 valence electrons. The third kappa shape index (κ3) is 4.35. The number of hydrogen-bond donors (Lipinski definition) is 1. The van der Waals surface area contributed by atoms with E-state index in [1.807, 2.05) is 6.08 Å². The fourth-order valence-corrected chi connectivity index (χ4v) is 2.01. The Bertz CT molecular complexity index is 235. The fourth-order valence-electron chi connectivity index (χ4n) is 2.01. The highest BCUT2D eigenvalue weighted by Gasteiger charge is 2.30. The molecule has 2 unspecified atom stereocenters. The second-order valence-corrected chi connectivity index (χ2v) is 4.29. The van der Waals surface area contributed by atoms with Crippen LogP contribution in [0, 0.1) is 5.92 Å². The van der Waals surface area contributed by atoms with Crippen LogP contribution in [0.25, 0.3) is 0 Å². The summed E-state index contributed by atoms with van der Waals surface area (Å²) in [6, 6.07) is 0. The molecule has 2 atom stereocenters. The SMILES string of the molecule is CC/C=C\CCOC(=O)C1CCCCC1O. The zero-order valence-corrected chi connectivity index (χ0v) is 10.0. The molecule has 0 aromatic rings. The van der Waals surface area contributed by atoms with Gasteiger partial charge in [0.05, 0.1) is 18.6 Å². The van der Waals surface area contributed by atoms with Crippen LogP contribution in [0.15, 0.2) is 12.2 Å². The van der Waals surface area contributed by atoms with Gasteiger partial charge in [-0.15, -0.1) is 0 Å². The van der Waals surface area contributed by atoms with Gasteiger partial charge in [-0.25, -0.2) is 0 Å². The van der Waals surface area contributed by atoms with Gasteiger partial charge in [-0.1, -0.05) is 31.9 Å².